The molecule has 1 atom stereocenters. The lowest BCUT2D eigenvalue weighted by Crippen LogP contribution is -2.33. The second kappa shape index (κ2) is 10.4. The summed E-state index contributed by atoms with van der Waals surface area (Å²) in [5.41, 5.74) is 2.74. The fraction of sp³-hybridized carbons (Fsp3) is 0.346. The summed E-state index contributed by atoms with van der Waals surface area (Å²) in [5, 5.41) is 14.3. The van der Waals surface area contributed by atoms with Crippen molar-refractivity contribution in [2.75, 3.05) is 20.2 Å². The van der Waals surface area contributed by atoms with E-state index in [-0.39, 0.29) is 6.04 Å². The highest BCUT2D eigenvalue weighted by atomic mass is 32.2. The number of ether oxygens (including phenoxy) is 1. The first-order valence-corrected chi connectivity index (χ1v) is 12.7. The Hall–Kier alpha value is -3.10. The van der Waals surface area contributed by atoms with Crippen molar-refractivity contribution in [2.45, 2.75) is 43.1 Å². The van der Waals surface area contributed by atoms with Gasteiger partial charge < -0.3 is 9.26 Å². The molecule has 0 amide bonds. The molecule has 34 heavy (non-hydrogen) atoms. The van der Waals surface area contributed by atoms with E-state index in [1.165, 1.54) is 19.3 Å². The third kappa shape index (κ3) is 4.74. The van der Waals surface area contributed by atoms with Crippen LogP contribution in [0.15, 0.2) is 70.3 Å². The number of nitrogens with zero attached hydrogens (tertiary/aromatic N) is 5. The number of piperidine rings is 1. The predicted molar refractivity (Wildman–Crippen MR) is 133 cm³/mol. The molecule has 0 aliphatic carbocycles. The lowest BCUT2D eigenvalue weighted by molar-refractivity contribution is 0.167. The molecule has 3 heterocycles. The van der Waals surface area contributed by atoms with Crippen LogP contribution in [-0.4, -0.2) is 45.0 Å². The van der Waals surface area contributed by atoms with Gasteiger partial charge in [-0.2, -0.15) is 0 Å². The van der Waals surface area contributed by atoms with Crippen molar-refractivity contribution in [1.82, 2.24) is 24.8 Å². The van der Waals surface area contributed by atoms with Gasteiger partial charge in [0.25, 0.3) is 0 Å². The van der Waals surface area contributed by atoms with Crippen LogP contribution in [0.5, 0.6) is 5.75 Å². The summed E-state index contributed by atoms with van der Waals surface area (Å²) < 4.78 is 13.3. The Morgan fingerprint density at radius 3 is 2.56 bits per heavy atom. The molecule has 5 rings (SSSR count). The maximum absolute atomic E-state index is 5.64. The molecule has 2 aromatic heterocycles. The summed E-state index contributed by atoms with van der Waals surface area (Å²) in [7, 11) is 1.66. The van der Waals surface area contributed by atoms with Crippen molar-refractivity contribution in [3.8, 4) is 22.7 Å². The third-order valence-corrected chi connectivity index (χ3v) is 7.22. The van der Waals surface area contributed by atoms with Gasteiger partial charge in [0, 0.05) is 17.3 Å². The van der Waals surface area contributed by atoms with E-state index in [0.717, 1.165) is 52.5 Å². The van der Waals surface area contributed by atoms with Gasteiger partial charge in [-0.05, 0) is 57.1 Å². The fourth-order valence-corrected chi connectivity index (χ4v) is 5.27. The Balaban J connectivity index is 1.39. The highest BCUT2D eigenvalue weighted by Crippen LogP contribution is 2.33. The number of methoxy groups -OCH3 is 1. The molecule has 1 aliphatic rings. The first kappa shape index (κ1) is 22.7. The molecule has 0 spiro atoms. The van der Waals surface area contributed by atoms with E-state index in [2.05, 4.69) is 56.0 Å². The van der Waals surface area contributed by atoms with Crippen molar-refractivity contribution in [1.29, 1.82) is 0 Å². The Kier molecular flexibility index (Phi) is 6.97. The van der Waals surface area contributed by atoms with E-state index < -0.39 is 0 Å². The zero-order valence-corrected chi connectivity index (χ0v) is 20.4. The van der Waals surface area contributed by atoms with Crippen LogP contribution in [0.25, 0.3) is 16.9 Å². The molecule has 4 aromatic rings. The zero-order chi connectivity index (χ0) is 23.3. The van der Waals surface area contributed by atoms with E-state index in [0.29, 0.717) is 5.75 Å². The summed E-state index contributed by atoms with van der Waals surface area (Å²) >= 11 is 1.60. The first-order chi connectivity index (χ1) is 16.7. The molecular weight excluding hydrogens is 446 g/mol. The molecule has 8 heteroatoms. The van der Waals surface area contributed by atoms with Gasteiger partial charge in [0.15, 0.2) is 11.0 Å². The van der Waals surface area contributed by atoms with Crippen LogP contribution >= 0.6 is 11.8 Å². The molecule has 1 aliphatic heterocycles. The van der Waals surface area contributed by atoms with Crippen LogP contribution in [0, 0.1) is 0 Å². The van der Waals surface area contributed by atoms with Crippen LogP contribution in [0.1, 0.15) is 43.8 Å². The maximum atomic E-state index is 5.64. The van der Waals surface area contributed by atoms with Crippen LogP contribution < -0.4 is 4.74 Å². The SMILES string of the molecule is COc1ccccc1-c1cc(CSc2nnc([C@H](C)N3CCCCC3)n2-c2ccccc2)on1. The average Bonchev–Trinajstić information content (AvgIpc) is 3.55. The van der Waals surface area contributed by atoms with Crippen molar-refractivity contribution >= 4 is 11.8 Å². The highest BCUT2D eigenvalue weighted by Gasteiger charge is 2.25. The van der Waals surface area contributed by atoms with E-state index in [1.54, 1.807) is 18.9 Å². The van der Waals surface area contributed by atoms with E-state index >= 15 is 0 Å². The van der Waals surface area contributed by atoms with Gasteiger partial charge in [-0.25, -0.2) is 0 Å². The van der Waals surface area contributed by atoms with Crippen molar-refractivity contribution in [2.24, 2.45) is 0 Å². The van der Waals surface area contributed by atoms with E-state index in [1.807, 2.05) is 36.4 Å². The summed E-state index contributed by atoms with van der Waals surface area (Å²) in [4.78, 5) is 2.51. The van der Waals surface area contributed by atoms with Gasteiger partial charge in [-0.1, -0.05) is 53.7 Å². The number of thioether (sulfide) groups is 1. The Morgan fingerprint density at radius 1 is 1.00 bits per heavy atom. The van der Waals surface area contributed by atoms with Gasteiger partial charge >= 0.3 is 0 Å². The van der Waals surface area contributed by atoms with Gasteiger partial charge in [-0.15, -0.1) is 10.2 Å². The molecule has 1 saturated heterocycles. The quantitative estimate of drug-likeness (QED) is 0.300. The van der Waals surface area contributed by atoms with Crippen molar-refractivity contribution in [3.05, 3.63) is 72.2 Å². The maximum Gasteiger partial charge on any atom is 0.196 e. The van der Waals surface area contributed by atoms with Gasteiger partial charge in [0.05, 0.1) is 18.9 Å². The predicted octanol–water partition coefficient (Wildman–Crippen LogP) is 5.77. The Labute approximate surface area is 204 Å². The van der Waals surface area contributed by atoms with E-state index in [4.69, 9.17) is 9.26 Å². The summed E-state index contributed by atoms with van der Waals surface area (Å²) in [6, 6.07) is 20.3. The zero-order valence-electron chi connectivity index (χ0n) is 19.6. The van der Waals surface area contributed by atoms with Crippen molar-refractivity contribution in [3.63, 3.8) is 0 Å². The number of hydrogen-bond acceptors (Lipinski definition) is 7. The normalized spacial score (nSPS) is 15.4. The second-order valence-corrected chi connectivity index (χ2v) is 9.39. The molecular formula is C26H29N5O2S. The lowest BCUT2D eigenvalue weighted by Gasteiger charge is -2.31. The fourth-order valence-electron chi connectivity index (χ4n) is 4.43. The van der Waals surface area contributed by atoms with Gasteiger partial charge in [-0.3, -0.25) is 9.47 Å². The Morgan fingerprint density at radius 2 is 1.76 bits per heavy atom. The summed E-state index contributed by atoms with van der Waals surface area (Å²) in [5.74, 6) is 3.13. The minimum absolute atomic E-state index is 0.199. The molecule has 7 nitrogen and oxygen atoms in total. The van der Waals surface area contributed by atoms with Crippen molar-refractivity contribution < 1.29 is 9.26 Å². The van der Waals surface area contributed by atoms with Gasteiger partial charge in [0.2, 0.25) is 0 Å². The third-order valence-electron chi connectivity index (χ3n) is 6.27. The number of hydrogen-bond donors (Lipinski definition) is 0. The number of para-hydroxylation sites is 2. The number of likely N-dealkylation sites (tertiary alicyclic amines) is 1. The molecule has 0 bridgehead atoms. The summed E-state index contributed by atoms with van der Waals surface area (Å²) in [6.07, 6.45) is 3.79. The largest absolute Gasteiger partial charge is 0.496 e. The number of rotatable bonds is 8. The molecule has 176 valence electrons. The number of benzene rings is 2. The molecule has 2 aromatic carbocycles. The molecule has 0 unspecified atom stereocenters. The molecule has 1 fully saturated rings. The Bertz CT molecular complexity index is 1220. The lowest BCUT2D eigenvalue weighted by atomic mass is 10.1. The molecule has 0 radical (unpaired) electrons. The van der Waals surface area contributed by atoms with Crippen LogP contribution in [0.4, 0.5) is 0 Å². The molecule has 0 saturated carbocycles. The van der Waals surface area contributed by atoms with Crippen LogP contribution in [0.2, 0.25) is 0 Å². The molecule has 0 N–H and O–H groups in total. The topological polar surface area (TPSA) is 69.2 Å². The monoisotopic (exact) mass is 475 g/mol. The van der Waals surface area contributed by atoms with Gasteiger partial charge in [0.1, 0.15) is 17.2 Å². The number of aromatic nitrogens is 4. The minimum Gasteiger partial charge on any atom is -0.496 e. The van der Waals surface area contributed by atoms with Crippen LogP contribution in [-0.2, 0) is 5.75 Å². The smallest absolute Gasteiger partial charge is 0.196 e. The second-order valence-electron chi connectivity index (χ2n) is 8.45. The summed E-state index contributed by atoms with van der Waals surface area (Å²) in [6.45, 7) is 4.45. The standard InChI is InChI=1S/C26H29N5O2S/c1-19(30-15-9-4-10-16-30)25-27-28-26(31(25)20-11-5-3-6-12-20)34-18-21-17-23(29-33-21)22-13-7-8-14-24(22)32-2/h3,5-8,11-14,17,19H,4,9-10,15-16,18H2,1-2H3/t19-/m0/s1. The van der Waals surface area contributed by atoms with E-state index in [9.17, 15) is 0 Å². The first-order valence-electron chi connectivity index (χ1n) is 11.7. The average molecular weight is 476 g/mol. The highest BCUT2D eigenvalue weighted by molar-refractivity contribution is 7.98. The van der Waals surface area contributed by atoms with Crippen LogP contribution in [0.3, 0.4) is 0 Å². The minimum atomic E-state index is 0.199.